The van der Waals surface area contributed by atoms with E-state index >= 15 is 0 Å². The van der Waals surface area contributed by atoms with Crippen LogP contribution in [0.2, 0.25) is 0 Å². The molecule has 5 nitrogen and oxygen atoms in total. The molecule has 0 saturated heterocycles. The smallest absolute Gasteiger partial charge is 0.265 e. The van der Waals surface area contributed by atoms with Crippen LogP contribution in [0.25, 0.3) is 0 Å². The van der Waals surface area contributed by atoms with E-state index in [0.29, 0.717) is 16.5 Å². The number of ether oxygens (including phenoxy) is 1. The van der Waals surface area contributed by atoms with E-state index in [1.165, 1.54) is 0 Å². The maximum Gasteiger partial charge on any atom is 0.265 e. The molecule has 0 fully saturated rings. The molecule has 0 aliphatic carbocycles. The fourth-order valence-corrected chi connectivity index (χ4v) is 1.92. The van der Waals surface area contributed by atoms with Gasteiger partial charge in [0.15, 0.2) is 11.2 Å². The molecule has 0 aromatic heterocycles. The van der Waals surface area contributed by atoms with Gasteiger partial charge in [0, 0.05) is 12.2 Å². The summed E-state index contributed by atoms with van der Waals surface area (Å²) in [4.78, 5) is 11.5. The number of nitrogens with one attached hydrogen (secondary N) is 3. The van der Waals surface area contributed by atoms with Crippen molar-refractivity contribution in [1.29, 1.82) is 0 Å². The Morgan fingerprint density at radius 1 is 1.53 bits per heavy atom. The first-order chi connectivity index (χ1) is 9.10. The summed E-state index contributed by atoms with van der Waals surface area (Å²) < 4.78 is 5.48. The maximum absolute atomic E-state index is 11.5. The Balaban J connectivity index is 2.07. The fraction of sp³-hybridized carbons (Fsp3) is 0.385. The van der Waals surface area contributed by atoms with Crippen molar-refractivity contribution in [3.8, 4) is 5.75 Å². The zero-order valence-electron chi connectivity index (χ0n) is 10.9. The van der Waals surface area contributed by atoms with Gasteiger partial charge >= 0.3 is 0 Å². The molecule has 0 bridgehead atoms. The van der Waals surface area contributed by atoms with Crippen LogP contribution < -0.4 is 20.7 Å². The van der Waals surface area contributed by atoms with Gasteiger partial charge in [-0.15, -0.1) is 0 Å². The van der Waals surface area contributed by atoms with E-state index in [2.05, 4.69) is 22.9 Å². The Morgan fingerprint density at radius 3 is 3.05 bits per heavy atom. The van der Waals surface area contributed by atoms with E-state index in [0.717, 1.165) is 18.7 Å². The van der Waals surface area contributed by atoms with Gasteiger partial charge in [0.05, 0.1) is 5.69 Å². The second kappa shape index (κ2) is 5.88. The first-order valence-electron chi connectivity index (χ1n) is 6.26. The van der Waals surface area contributed by atoms with Gasteiger partial charge in [-0.25, -0.2) is 0 Å². The molecule has 0 spiro atoms. The molecule has 19 heavy (non-hydrogen) atoms. The Kier molecular flexibility index (Phi) is 4.21. The Morgan fingerprint density at radius 2 is 2.32 bits per heavy atom. The van der Waals surface area contributed by atoms with E-state index in [-0.39, 0.29) is 5.91 Å². The van der Waals surface area contributed by atoms with E-state index in [9.17, 15) is 4.79 Å². The molecule has 0 unspecified atom stereocenters. The summed E-state index contributed by atoms with van der Waals surface area (Å²) in [7, 11) is 0. The number of anilines is 2. The largest absolute Gasteiger partial charge is 0.479 e. The number of benzene rings is 1. The lowest BCUT2D eigenvalue weighted by Crippen LogP contribution is -2.34. The zero-order valence-corrected chi connectivity index (χ0v) is 11.8. The minimum atomic E-state index is -0.460. The molecule has 0 saturated carbocycles. The zero-order chi connectivity index (χ0) is 13.8. The highest BCUT2D eigenvalue weighted by Crippen LogP contribution is 2.32. The summed E-state index contributed by atoms with van der Waals surface area (Å²) >= 11 is 5.16. The number of fused-ring (bicyclic) bond motifs is 1. The van der Waals surface area contributed by atoms with Crippen molar-refractivity contribution in [3.05, 3.63) is 18.2 Å². The van der Waals surface area contributed by atoms with Gasteiger partial charge in [0.2, 0.25) is 0 Å². The van der Waals surface area contributed by atoms with E-state index in [1.807, 2.05) is 12.1 Å². The topological polar surface area (TPSA) is 62.4 Å². The molecule has 0 radical (unpaired) electrons. The molecule has 6 heteroatoms. The standard InChI is InChI=1S/C13H17N3O2S/c1-3-6-14-13(19)15-9-4-5-11-10(7-9)16-12(17)8(2)18-11/h4-5,7-8H,3,6H2,1-2H3,(H,16,17)(H2,14,15,19)/t8-/m0/s1. The van der Waals surface area contributed by atoms with Crippen LogP contribution in [0, 0.1) is 0 Å². The molecule has 1 aliphatic rings. The third kappa shape index (κ3) is 3.35. The summed E-state index contributed by atoms with van der Waals surface area (Å²) in [6, 6.07) is 5.48. The first kappa shape index (κ1) is 13.6. The molecule has 1 heterocycles. The highest BCUT2D eigenvalue weighted by molar-refractivity contribution is 7.80. The van der Waals surface area contributed by atoms with Crippen LogP contribution in [0.5, 0.6) is 5.75 Å². The lowest BCUT2D eigenvalue weighted by atomic mass is 10.2. The average Bonchev–Trinajstić information content (AvgIpc) is 2.38. The van der Waals surface area contributed by atoms with Crippen LogP contribution in [-0.4, -0.2) is 23.7 Å². The lowest BCUT2D eigenvalue weighted by molar-refractivity contribution is -0.122. The van der Waals surface area contributed by atoms with Crippen LogP contribution in [0.4, 0.5) is 11.4 Å². The van der Waals surface area contributed by atoms with Gasteiger partial charge in [-0.05, 0) is 43.8 Å². The van der Waals surface area contributed by atoms with Crippen molar-refractivity contribution >= 4 is 34.6 Å². The second-order valence-electron chi connectivity index (χ2n) is 4.34. The number of amides is 1. The normalized spacial score (nSPS) is 16.9. The number of hydrogen-bond donors (Lipinski definition) is 3. The quantitative estimate of drug-likeness (QED) is 0.740. The van der Waals surface area contributed by atoms with Crippen molar-refractivity contribution in [2.24, 2.45) is 0 Å². The van der Waals surface area contributed by atoms with Gasteiger partial charge in [-0.2, -0.15) is 0 Å². The molecule has 1 aromatic rings. The van der Waals surface area contributed by atoms with Crippen molar-refractivity contribution in [2.45, 2.75) is 26.4 Å². The van der Waals surface area contributed by atoms with Gasteiger partial charge in [0.25, 0.3) is 5.91 Å². The number of carbonyl (C=O) groups excluding carboxylic acids is 1. The van der Waals surface area contributed by atoms with Crippen LogP contribution in [-0.2, 0) is 4.79 Å². The minimum Gasteiger partial charge on any atom is -0.479 e. The average molecular weight is 279 g/mol. The van der Waals surface area contributed by atoms with Crippen molar-refractivity contribution in [3.63, 3.8) is 0 Å². The highest BCUT2D eigenvalue weighted by Gasteiger charge is 2.23. The van der Waals surface area contributed by atoms with Crippen molar-refractivity contribution in [2.75, 3.05) is 17.2 Å². The number of hydrogen-bond acceptors (Lipinski definition) is 3. The van der Waals surface area contributed by atoms with Crippen LogP contribution >= 0.6 is 12.2 Å². The van der Waals surface area contributed by atoms with Gasteiger partial charge in [-0.1, -0.05) is 6.92 Å². The summed E-state index contributed by atoms with van der Waals surface area (Å²) in [6.07, 6.45) is 0.548. The molecule has 102 valence electrons. The SMILES string of the molecule is CCCNC(=S)Nc1ccc2c(c1)NC(=O)[C@H](C)O2. The first-order valence-corrected chi connectivity index (χ1v) is 6.67. The second-order valence-corrected chi connectivity index (χ2v) is 4.75. The Hall–Kier alpha value is -1.82. The minimum absolute atomic E-state index is 0.142. The van der Waals surface area contributed by atoms with E-state index in [4.69, 9.17) is 17.0 Å². The fourth-order valence-electron chi connectivity index (χ4n) is 1.70. The predicted octanol–water partition coefficient (Wildman–Crippen LogP) is 2.10. The number of thiocarbonyl (C=S) groups is 1. The monoisotopic (exact) mass is 279 g/mol. The molecular weight excluding hydrogens is 262 g/mol. The van der Waals surface area contributed by atoms with Crippen LogP contribution in [0.1, 0.15) is 20.3 Å². The Bertz CT molecular complexity index is 505. The van der Waals surface area contributed by atoms with E-state index in [1.54, 1.807) is 13.0 Å². The van der Waals surface area contributed by atoms with Gasteiger partial charge < -0.3 is 20.7 Å². The number of carbonyl (C=O) groups is 1. The van der Waals surface area contributed by atoms with Gasteiger partial charge in [-0.3, -0.25) is 4.79 Å². The number of rotatable bonds is 3. The predicted molar refractivity (Wildman–Crippen MR) is 79.7 cm³/mol. The van der Waals surface area contributed by atoms with Crippen molar-refractivity contribution < 1.29 is 9.53 Å². The molecular formula is C13H17N3O2S. The molecule has 1 aliphatic heterocycles. The maximum atomic E-state index is 11.5. The van der Waals surface area contributed by atoms with Crippen LogP contribution in [0.15, 0.2) is 18.2 Å². The summed E-state index contributed by atoms with van der Waals surface area (Å²) in [5, 5.41) is 9.51. The summed E-state index contributed by atoms with van der Waals surface area (Å²) in [5.41, 5.74) is 1.47. The van der Waals surface area contributed by atoms with E-state index < -0.39 is 6.10 Å². The summed E-state index contributed by atoms with van der Waals surface area (Å²) in [6.45, 7) is 4.62. The molecule has 1 atom stereocenters. The molecule has 2 rings (SSSR count). The lowest BCUT2D eigenvalue weighted by Gasteiger charge is -2.23. The van der Waals surface area contributed by atoms with Gasteiger partial charge in [0.1, 0.15) is 5.75 Å². The third-order valence-electron chi connectivity index (χ3n) is 2.70. The third-order valence-corrected chi connectivity index (χ3v) is 2.95. The summed E-state index contributed by atoms with van der Waals surface area (Å²) in [5.74, 6) is 0.529. The molecule has 1 amide bonds. The molecule has 1 aromatic carbocycles. The Labute approximate surface area is 117 Å². The van der Waals surface area contributed by atoms with Crippen LogP contribution in [0.3, 0.4) is 0 Å². The molecule has 3 N–H and O–H groups in total. The highest BCUT2D eigenvalue weighted by atomic mass is 32.1. The van der Waals surface area contributed by atoms with Crippen molar-refractivity contribution in [1.82, 2.24) is 5.32 Å².